The summed E-state index contributed by atoms with van der Waals surface area (Å²) in [5.74, 6) is -4.47. The minimum Gasteiger partial charge on any atom is -0.459 e. The van der Waals surface area contributed by atoms with Crippen molar-refractivity contribution < 1.29 is 33.1 Å². The molecule has 3 aromatic rings. The van der Waals surface area contributed by atoms with Crippen molar-refractivity contribution in [3.63, 3.8) is 0 Å². The Kier molecular flexibility index (Phi) is 11.6. The van der Waals surface area contributed by atoms with Gasteiger partial charge in [0.15, 0.2) is 5.76 Å². The van der Waals surface area contributed by atoms with Crippen LogP contribution in [-0.4, -0.2) is 46.8 Å². The maximum Gasteiger partial charge on any atom is 0.287 e. The number of nitrogens with one attached hydrogen (secondary N) is 3. The number of carbonyl (C=O) groups is 4. The molecular formula is C30H37N4O7P. The van der Waals surface area contributed by atoms with Crippen LogP contribution in [0.15, 0.2) is 83.5 Å². The molecule has 2 aromatic carbocycles. The molecule has 6 N–H and O–H groups in total. The van der Waals surface area contributed by atoms with Crippen LogP contribution in [0.25, 0.3) is 0 Å². The van der Waals surface area contributed by atoms with Gasteiger partial charge >= 0.3 is 0 Å². The molecule has 0 radical (unpaired) electrons. The number of amides is 4. The van der Waals surface area contributed by atoms with Crippen molar-refractivity contribution in [2.45, 2.75) is 51.0 Å². The van der Waals surface area contributed by atoms with Crippen molar-refractivity contribution in [1.82, 2.24) is 16.0 Å². The normalized spacial score (nSPS) is 14.7. The van der Waals surface area contributed by atoms with E-state index in [9.17, 15) is 28.6 Å². The summed E-state index contributed by atoms with van der Waals surface area (Å²) in [6, 6.07) is 18.3. The molecule has 1 aromatic heterocycles. The zero-order valence-corrected chi connectivity index (χ0v) is 24.5. The molecule has 0 spiro atoms. The zero-order chi connectivity index (χ0) is 30.7. The lowest BCUT2D eigenvalue weighted by Crippen LogP contribution is -2.53. The summed E-state index contributed by atoms with van der Waals surface area (Å²) in [6.45, 7) is 3.69. The molecule has 42 heavy (non-hydrogen) atoms. The average molecular weight is 597 g/mol. The van der Waals surface area contributed by atoms with E-state index in [1.54, 1.807) is 30.3 Å². The van der Waals surface area contributed by atoms with E-state index in [1.807, 2.05) is 44.2 Å². The van der Waals surface area contributed by atoms with E-state index in [2.05, 4.69) is 16.0 Å². The Morgan fingerprint density at radius 3 is 2.10 bits per heavy atom. The summed E-state index contributed by atoms with van der Waals surface area (Å²) in [5, 5.41) is 7.67. The van der Waals surface area contributed by atoms with E-state index in [0.717, 1.165) is 5.56 Å². The highest BCUT2D eigenvalue weighted by Crippen LogP contribution is 2.53. The minimum atomic E-state index is -4.44. The largest absolute Gasteiger partial charge is 0.459 e. The van der Waals surface area contributed by atoms with Gasteiger partial charge in [0.05, 0.1) is 6.26 Å². The molecule has 11 nitrogen and oxygen atoms in total. The second kappa shape index (κ2) is 15.1. The van der Waals surface area contributed by atoms with Crippen LogP contribution in [0.4, 0.5) is 0 Å². The lowest BCUT2D eigenvalue weighted by atomic mass is 10.0. The maximum absolute atomic E-state index is 13.6. The Balaban J connectivity index is 1.72. The predicted octanol–water partition coefficient (Wildman–Crippen LogP) is 3.11. The van der Waals surface area contributed by atoms with Gasteiger partial charge in [-0.15, -0.1) is 0 Å². The number of aryl methyl sites for hydroxylation is 1. The van der Waals surface area contributed by atoms with Gasteiger partial charge in [0, 0.05) is 0 Å². The number of nitrogens with two attached hydrogens (primary N) is 1. The third kappa shape index (κ3) is 9.71. The van der Waals surface area contributed by atoms with Crippen LogP contribution < -0.4 is 21.7 Å². The fourth-order valence-electron chi connectivity index (χ4n) is 4.41. The van der Waals surface area contributed by atoms with Crippen LogP contribution in [0.3, 0.4) is 0 Å². The molecule has 12 heteroatoms. The van der Waals surface area contributed by atoms with E-state index in [1.165, 1.54) is 18.4 Å². The summed E-state index contributed by atoms with van der Waals surface area (Å²) in [7, 11) is -4.44. The highest BCUT2D eigenvalue weighted by molar-refractivity contribution is 7.59. The van der Waals surface area contributed by atoms with Gasteiger partial charge in [0.2, 0.25) is 25.1 Å². The summed E-state index contributed by atoms with van der Waals surface area (Å²) in [5.41, 5.74) is 6.83. The van der Waals surface area contributed by atoms with Crippen molar-refractivity contribution >= 4 is 31.0 Å². The van der Waals surface area contributed by atoms with Crippen LogP contribution in [0, 0.1) is 5.92 Å². The number of hydrogen-bond donors (Lipinski definition) is 5. The molecule has 2 unspecified atom stereocenters. The molecule has 0 aliphatic carbocycles. The Hall–Kier alpha value is -4.21. The third-order valence-corrected chi connectivity index (χ3v) is 8.46. The monoisotopic (exact) mass is 596 g/mol. The molecule has 4 atom stereocenters. The van der Waals surface area contributed by atoms with E-state index in [4.69, 9.17) is 10.2 Å². The van der Waals surface area contributed by atoms with E-state index in [-0.39, 0.29) is 24.5 Å². The molecule has 0 fully saturated rings. The van der Waals surface area contributed by atoms with Crippen molar-refractivity contribution in [1.29, 1.82) is 0 Å². The molecule has 224 valence electrons. The predicted molar refractivity (Wildman–Crippen MR) is 157 cm³/mol. The van der Waals surface area contributed by atoms with Gasteiger partial charge in [0.1, 0.15) is 24.0 Å². The van der Waals surface area contributed by atoms with Gasteiger partial charge in [-0.1, -0.05) is 74.5 Å². The number of hydrogen-bond acceptors (Lipinski definition) is 6. The van der Waals surface area contributed by atoms with E-state index >= 15 is 0 Å². The minimum absolute atomic E-state index is 0.0389. The lowest BCUT2D eigenvalue weighted by Gasteiger charge is -2.26. The van der Waals surface area contributed by atoms with Gasteiger partial charge in [0.25, 0.3) is 5.91 Å². The van der Waals surface area contributed by atoms with Crippen molar-refractivity contribution in [3.8, 4) is 0 Å². The number of furan rings is 1. The van der Waals surface area contributed by atoms with Crippen LogP contribution in [-0.2, 0) is 25.4 Å². The first-order chi connectivity index (χ1) is 20.0. The average Bonchev–Trinajstić information content (AvgIpc) is 3.49. The Labute approximate surface area is 244 Å². The van der Waals surface area contributed by atoms with Crippen LogP contribution in [0.1, 0.15) is 54.2 Å². The topological polar surface area (TPSA) is 181 Å². The highest BCUT2D eigenvalue weighted by atomic mass is 31.2. The Morgan fingerprint density at radius 2 is 1.52 bits per heavy atom. The first kappa shape index (κ1) is 32.3. The number of benzene rings is 2. The SMILES string of the molecule is CC(C)C[C@H](NC(=O)CP(=O)(O)C(NC(=O)c1ccco1)c1ccccc1)C(=O)N[C@@H](CCc1ccccc1)C(N)=O. The number of carbonyl (C=O) groups excluding carboxylic acids is 4. The highest BCUT2D eigenvalue weighted by Gasteiger charge is 2.37. The molecule has 4 amide bonds. The summed E-state index contributed by atoms with van der Waals surface area (Å²) in [4.78, 5) is 62.1. The molecule has 0 bridgehead atoms. The van der Waals surface area contributed by atoms with Crippen molar-refractivity contribution in [2.75, 3.05) is 6.16 Å². The molecule has 0 saturated heterocycles. The summed E-state index contributed by atoms with van der Waals surface area (Å²) >= 11 is 0. The lowest BCUT2D eigenvalue weighted by molar-refractivity contribution is -0.131. The summed E-state index contributed by atoms with van der Waals surface area (Å²) in [6.07, 6.45) is 1.37. The molecule has 0 aliphatic rings. The molecule has 1 heterocycles. The van der Waals surface area contributed by atoms with E-state index < -0.39 is 55.0 Å². The van der Waals surface area contributed by atoms with Crippen LogP contribution in [0.2, 0.25) is 0 Å². The van der Waals surface area contributed by atoms with Gasteiger partial charge in [-0.25, -0.2) is 0 Å². The fraction of sp³-hybridized carbons (Fsp3) is 0.333. The standard InChI is InChI=1S/C30H37N4O7P/c1-20(2)18-24(28(37)33-23(27(31)36)16-15-21-10-5-3-6-11-21)32-26(35)19-42(39,40)30(22-12-7-4-8-13-22)34-29(38)25-14-9-17-41-25/h3-14,17,20,23-24,30H,15-16,18-19H2,1-2H3,(H2,31,36)(H,32,35)(H,33,37)(H,34,38)(H,39,40)/t23-,24-,30?/m0/s1. The Bertz CT molecular complexity index is 1380. The fourth-order valence-corrected chi connectivity index (χ4v) is 6.05. The van der Waals surface area contributed by atoms with Crippen molar-refractivity contribution in [3.05, 3.63) is 95.9 Å². The second-order valence-electron chi connectivity index (χ2n) is 10.4. The Morgan fingerprint density at radius 1 is 0.881 bits per heavy atom. The van der Waals surface area contributed by atoms with E-state index in [0.29, 0.717) is 12.0 Å². The van der Waals surface area contributed by atoms with Gasteiger partial charge in [-0.2, -0.15) is 0 Å². The molecule has 0 saturated carbocycles. The van der Waals surface area contributed by atoms with Crippen LogP contribution in [0.5, 0.6) is 0 Å². The summed E-state index contributed by atoms with van der Waals surface area (Å²) < 4.78 is 18.7. The zero-order valence-electron chi connectivity index (χ0n) is 23.6. The smallest absolute Gasteiger partial charge is 0.287 e. The first-order valence-corrected chi connectivity index (χ1v) is 15.5. The maximum atomic E-state index is 13.6. The van der Waals surface area contributed by atoms with Gasteiger partial charge in [-0.05, 0) is 48.4 Å². The number of primary amides is 1. The van der Waals surface area contributed by atoms with Gasteiger partial charge < -0.3 is 31.0 Å². The molecule has 0 aliphatic heterocycles. The van der Waals surface area contributed by atoms with Gasteiger partial charge in [-0.3, -0.25) is 23.7 Å². The first-order valence-electron chi connectivity index (χ1n) is 13.6. The van der Waals surface area contributed by atoms with Crippen LogP contribution >= 0.6 is 7.37 Å². The molecule has 3 rings (SSSR count). The van der Waals surface area contributed by atoms with Crippen molar-refractivity contribution in [2.24, 2.45) is 11.7 Å². The second-order valence-corrected chi connectivity index (χ2v) is 12.8. The third-order valence-electron chi connectivity index (χ3n) is 6.48. The molecular weight excluding hydrogens is 559 g/mol. The quantitative estimate of drug-likeness (QED) is 0.167. The number of rotatable bonds is 15.